The molecule has 1 aromatic heterocycles. The summed E-state index contributed by atoms with van der Waals surface area (Å²) in [6.07, 6.45) is 2.65. The van der Waals surface area contributed by atoms with E-state index in [1.807, 2.05) is 42.9 Å². The molecule has 2 rings (SSSR count). The molecule has 0 amide bonds. The Morgan fingerprint density at radius 2 is 1.88 bits per heavy atom. The van der Waals surface area contributed by atoms with E-state index in [2.05, 4.69) is 38.2 Å². The molecule has 0 fully saturated rings. The minimum Gasteiger partial charge on any atom is -0.480 e. The van der Waals surface area contributed by atoms with E-state index in [4.69, 9.17) is 5.10 Å². The number of hydrogen-bond donors (Lipinski definition) is 2. The van der Waals surface area contributed by atoms with E-state index in [-0.39, 0.29) is 5.41 Å². The van der Waals surface area contributed by atoms with Crippen LogP contribution in [0.5, 0.6) is 0 Å². The molecule has 5 nitrogen and oxygen atoms in total. The maximum atomic E-state index is 11.5. The zero-order valence-corrected chi connectivity index (χ0v) is 16.5. The highest BCUT2D eigenvalue weighted by atomic mass is 16.4. The molecule has 0 aliphatic heterocycles. The van der Waals surface area contributed by atoms with Crippen molar-refractivity contribution in [3.63, 3.8) is 0 Å². The Labute approximate surface area is 156 Å². The van der Waals surface area contributed by atoms with Gasteiger partial charge in [-0.25, -0.2) is 0 Å². The van der Waals surface area contributed by atoms with Gasteiger partial charge in [-0.1, -0.05) is 65.0 Å². The lowest BCUT2D eigenvalue weighted by molar-refractivity contribution is -0.140. The van der Waals surface area contributed by atoms with Crippen molar-refractivity contribution in [3.05, 3.63) is 53.3 Å². The smallest absolute Gasteiger partial charge is 0.320 e. The predicted octanol–water partition coefficient (Wildman–Crippen LogP) is 3.82. The van der Waals surface area contributed by atoms with Gasteiger partial charge in [-0.05, 0) is 17.9 Å². The number of benzene rings is 1. The third kappa shape index (κ3) is 5.70. The van der Waals surface area contributed by atoms with Crippen molar-refractivity contribution < 1.29 is 9.90 Å². The van der Waals surface area contributed by atoms with Crippen LogP contribution in [0.25, 0.3) is 0 Å². The van der Waals surface area contributed by atoms with Crippen molar-refractivity contribution in [1.82, 2.24) is 15.1 Å². The zero-order chi connectivity index (χ0) is 19.3. The molecule has 142 valence electrons. The second-order valence-corrected chi connectivity index (χ2v) is 8.34. The van der Waals surface area contributed by atoms with Crippen LogP contribution in [-0.4, -0.2) is 26.9 Å². The van der Waals surface area contributed by atoms with Crippen molar-refractivity contribution in [1.29, 1.82) is 0 Å². The molecule has 1 heterocycles. The van der Waals surface area contributed by atoms with Gasteiger partial charge in [0, 0.05) is 23.7 Å². The molecule has 0 radical (unpaired) electrons. The maximum absolute atomic E-state index is 11.5. The van der Waals surface area contributed by atoms with Crippen LogP contribution < -0.4 is 5.32 Å². The number of carboxylic acids is 1. The highest BCUT2D eigenvalue weighted by Gasteiger charge is 2.24. The first-order valence-corrected chi connectivity index (χ1v) is 9.23. The Morgan fingerprint density at radius 3 is 2.42 bits per heavy atom. The quantitative estimate of drug-likeness (QED) is 0.754. The van der Waals surface area contributed by atoms with Gasteiger partial charge in [0.1, 0.15) is 6.04 Å². The summed E-state index contributed by atoms with van der Waals surface area (Å²) in [6, 6.07) is 9.67. The molecule has 26 heavy (non-hydrogen) atoms. The molecule has 0 aliphatic rings. The number of aromatic nitrogens is 2. The van der Waals surface area contributed by atoms with Crippen LogP contribution >= 0.6 is 0 Å². The lowest BCUT2D eigenvalue weighted by Gasteiger charge is -2.20. The molecule has 0 saturated carbocycles. The van der Waals surface area contributed by atoms with Crippen LogP contribution in [0.15, 0.2) is 36.5 Å². The fourth-order valence-corrected chi connectivity index (χ4v) is 3.05. The van der Waals surface area contributed by atoms with Crippen molar-refractivity contribution in [2.45, 2.75) is 65.6 Å². The Bertz CT molecular complexity index is 715. The summed E-state index contributed by atoms with van der Waals surface area (Å²) in [4.78, 5) is 11.5. The van der Waals surface area contributed by atoms with E-state index >= 15 is 0 Å². The van der Waals surface area contributed by atoms with Crippen molar-refractivity contribution in [2.75, 3.05) is 0 Å². The summed E-state index contributed by atoms with van der Waals surface area (Å²) in [5.41, 5.74) is 3.16. The summed E-state index contributed by atoms with van der Waals surface area (Å²) < 4.78 is 1.95. The second-order valence-electron chi connectivity index (χ2n) is 8.34. The van der Waals surface area contributed by atoms with Gasteiger partial charge in [-0.15, -0.1) is 0 Å². The zero-order valence-electron chi connectivity index (χ0n) is 16.5. The lowest BCUT2D eigenvalue weighted by atomic mass is 9.89. The van der Waals surface area contributed by atoms with Crippen LogP contribution in [0.2, 0.25) is 0 Å². The summed E-state index contributed by atoms with van der Waals surface area (Å²) in [7, 11) is 0. The average molecular weight is 357 g/mol. The van der Waals surface area contributed by atoms with Crippen molar-refractivity contribution >= 4 is 5.97 Å². The van der Waals surface area contributed by atoms with Gasteiger partial charge < -0.3 is 10.4 Å². The van der Waals surface area contributed by atoms with Crippen LogP contribution in [0.3, 0.4) is 0 Å². The van der Waals surface area contributed by atoms with E-state index in [9.17, 15) is 9.90 Å². The lowest BCUT2D eigenvalue weighted by Crippen LogP contribution is -2.37. The second kappa shape index (κ2) is 8.49. The minimum atomic E-state index is -0.798. The molecular formula is C21H31N3O2. The predicted molar refractivity (Wildman–Crippen MR) is 104 cm³/mol. The number of carboxylic acid groups (broad SMARTS) is 1. The van der Waals surface area contributed by atoms with Crippen LogP contribution in [0.4, 0.5) is 0 Å². The summed E-state index contributed by atoms with van der Waals surface area (Å²) in [6.45, 7) is 11.7. The topological polar surface area (TPSA) is 67.2 Å². The molecule has 1 aromatic carbocycles. The maximum Gasteiger partial charge on any atom is 0.320 e. The Morgan fingerprint density at radius 1 is 1.23 bits per heavy atom. The van der Waals surface area contributed by atoms with Gasteiger partial charge in [0.05, 0.1) is 12.2 Å². The minimum absolute atomic E-state index is 0.101. The number of hydrogen-bond acceptors (Lipinski definition) is 3. The Balaban J connectivity index is 2.19. The van der Waals surface area contributed by atoms with E-state index in [1.54, 1.807) is 0 Å². The number of carbonyl (C=O) groups is 1. The number of rotatable bonds is 8. The van der Waals surface area contributed by atoms with Crippen LogP contribution in [-0.2, 0) is 23.3 Å². The highest BCUT2D eigenvalue weighted by Crippen LogP contribution is 2.25. The molecule has 0 aliphatic carbocycles. The van der Waals surface area contributed by atoms with Crippen LogP contribution in [0, 0.1) is 5.92 Å². The van der Waals surface area contributed by atoms with Gasteiger partial charge in [0.2, 0.25) is 0 Å². The molecule has 1 atom stereocenters. The Hall–Kier alpha value is -2.14. The van der Waals surface area contributed by atoms with E-state index in [0.717, 1.165) is 11.3 Å². The average Bonchev–Trinajstić information content (AvgIpc) is 2.95. The van der Waals surface area contributed by atoms with E-state index in [0.29, 0.717) is 25.4 Å². The summed E-state index contributed by atoms with van der Waals surface area (Å²) in [5.74, 6) is -0.473. The molecule has 0 spiro atoms. The first-order chi connectivity index (χ1) is 12.2. The van der Waals surface area contributed by atoms with Crippen molar-refractivity contribution in [2.24, 2.45) is 5.92 Å². The van der Waals surface area contributed by atoms with Gasteiger partial charge in [0.25, 0.3) is 0 Å². The molecule has 2 N–H and O–H groups in total. The largest absolute Gasteiger partial charge is 0.480 e. The van der Waals surface area contributed by atoms with Crippen LogP contribution in [0.1, 0.15) is 57.9 Å². The number of nitrogens with one attached hydrogen (secondary N) is 1. The molecule has 0 saturated heterocycles. The fraction of sp³-hybridized carbons (Fsp3) is 0.524. The molecule has 0 bridgehead atoms. The van der Waals surface area contributed by atoms with Gasteiger partial charge in [-0.2, -0.15) is 5.10 Å². The number of nitrogens with zero attached hydrogens (tertiary/aromatic N) is 2. The van der Waals surface area contributed by atoms with E-state index in [1.165, 1.54) is 5.56 Å². The molecule has 0 unspecified atom stereocenters. The SMILES string of the molecule is CC(C)C[C@H](NCc1cn(Cc2ccccc2)nc1C(C)(C)C)C(=O)O. The van der Waals surface area contributed by atoms with E-state index < -0.39 is 12.0 Å². The summed E-state index contributed by atoms with van der Waals surface area (Å²) in [5, 5.41) is 17.4. The molecular weight excluding hydrogens is 326 g/mol. The monoisotopic (exact) mass is 357 g/mol. The first kappa shape index (κ1) is 20.2. The normalized spacial score (nSPS) is 13.2. The van der Waals surface area contributed by atoms with Gasteiger partial charge in [0.15, 0.2) is 0 Å². The standard InChI is InChI=1S/C21H31N3O2/c1-15(2)11-18(20(25)26)22-12-17-14-24(23-19(17)21(3,4)5)13-16-9-7-6-8-10-16/h6-10,14-15,18,22H,11-13H2,1-5H3,(H,25,26)/t18-/m0/s1. The third-order valence-corrected chi connectivity index (χ3v) is 4.28. The van der Waals surface area contributed by atoms with Gasteiger partial charge >= 0.3 is 5.97 Å². The summed E-state index contributed by atoms with van der Waals surface area (Å²) >= 11 is 0. The van der Waals surface area contributed by atoms with Crippen molar-refractivity contribution in [3.8, 4) is 0 Å². The third-order valence-electron chi connectivity index (χ3n) is 4.28. The first-order valence-electron chi connectivity index (χ1n) is 9.23. The Kier molecular flexibility index (Phi) is 6.59. The molecule has 2 aromatic rings. The fourth-order valence-electron chi connectivity index (χ4n) is 3.05. The van der Waals surface area contributed by atoms with Gasteiger partial charge in [-0.3, -0.25) is 9.48 Å². The number of aliphatic carboxylic acids is 1. The molecule has 5 heteroatoms. The highest BCUT2D eigenvalue weighted by molar-refractivity contribution is 5.73.